The number of hydrogen-bond donors (Lipinski definition) is 2. The van der Waals surface area contributed by atoms with Crippen LogP contribution in [0.25, 0.3) is 0 Å². The van der Waals surface area contributed by atoms with Gasteiger partial charge >= 0.3 is 15.5 Å². The van der Waals surface area contributed by atoms with Crippen LogP contribution in [0.2, 0.25) is 0 Å². The van der Waals surface area contributed by atoms with Crippen molar-refractivity contribution in [1.29, 1.82) is 0 Å². The number of carbonyl (C=O) groups excluding carboxylic acids is 1. The monoisotopic (exact) mass is 372 g/mol. The number of rotatable bonds is 5. The van der Waals surface area contributed by atoms with Crippen LogP contribution in [0.3, 0.4) is 0 Å². The lowest BCUT2D eigenvalue weighted by atomic mass is 10.3. The van der Waals surface area contributed by atoms with Crippen LogP contribution < -0.4 is 9.44 Å². The minimum absolute atomic E-state index is 0.149. The molecule has 7 nitrogen and oxygen atoms in total. The maximum atomic E-state index is 12.2. The van der Waals surface area contributed by atoms with Gasteiger partial charge < -0.3 is 5.32 Å². The third-order valence-corrected chi connectivity index (χ3v) is 5.59. The number of benzene rings is 1. The summed E-state index contributed by atoms with van der Waals surface area (Å²) in [5.74, 6) is -0.543. The quantitative estimate of drug-likeness (QED) is 0.758. The Hall–Kier alpha value is -1.92. The van der Waals surface area contributed by atoms with Gasteiger partial charge in [0.05, 0.1) is 4.90 Å². The molecule has 0 fully saturated rings. The molecule has 2 N–H and O–H groups in total. The SMILES string of the molecule is C=C(C)C(=O)Nc1ccc(S(=O)(=O)NS(=O)(=O)C(F)(F)F)cc1. The van der Waals surface area contributed by atoms with Gasteiger partial charge in [0.1, 0.15) is 0 Å². The summed E-state index contributed by atoms with van der Waals surface area (Å²) in [6.07, 6.45) is 0. The molecule has 1 aromatic rings. The van der Waals surface area contributed by atoms with Gasteiger partial charge in [-0.3, -0.25) is 4.79 Å². The molecule has 0 unspecified atom stereocenters. The molecule has 0 aromatic heterocycles. The summed E-state index contributed by atoms with van der Waals surface area (Å²) in [4.78, 5) is 10.6. The molecule has 23 heavy (non-hydrogen) atoms. The molecular formula is C11H11F3N2O5S2. The van der Waals surface area contributed by atoms with Crippen molar-refractivity contribution in [2.24, 2.45) is 0 Å². The number of hydrogen-bond acceptors (Lipinski definition) is 5. The number of anilines is 1. The summed E-state index contributed by atoms with van der Waals surface area (Å²) >= 11 is 0. The Labute approximate surface area is 130 Å². The molecule has 1 aromatic carbocycles. The van der Waals surface area contributed by atoms with Gasteiger partial charge in [-0.2, -0.15) is 13.2 Å². The number of alkyl halides is 3. The van der Waals surface area contributed by atoms with Crippen molar-refractivity contribution in [1.82, 2.24) is 4.13 Å². The predicted molar refractivity (Wildman–Crippen MR) is 75.2 cm³/mol. The van der Waals surface area contributed by atoms with Gasteiger partial charge in [-0.15, -0.1) is 0 Å². The van der Waals surface area contributed by atoms with Crippen molar-refractivity contribution in [3.63, 3.8) is 0 Å². The largest absolute Gasteiger partial charge is 0.512 e. The highest BCUT2D eigenvalue weighted by Gasteiger charge is 2.48. The van der Waals surface area contributed by atoms with E-state index in [4.69, 9.17) is 0 Å². The van der Waals surface area contributed by atoms with Crippen LogP contribution in [0.1, 0.15) is 6.92 Å². The van der Waals surface area contributed by atoms with E-state index in [0.717, 1.165) is 24.3 Å². The van der Waals surface area contributed by atoms with Crippen LogP contribution in [0, 0.1) is 0 Å². The Bertz CT molecular complexity index is 827. The molecule has 0 aliphatic heterocycles. The maximum absolute atomic E-state index is 12.2. The first-order chi connectivity index (χ1) is 10.3. The molecule has 0 aliphatic rings. The zero-order valence-corrected chi connectivity index (χ0v) is 13.1. The fraction of sp³-hybridized carbons (Fsp3) is 0.182. The summed E-state index contributed by atoms with van der Waals surface area (Å²) in [7, 11) is -11.0. The van der Waals surface area contributed by atoms with Crippen LogP contribution in [-0.4, -0.2) is 28.3 Å². The van der Waals surface area contributed by atoms with Crippen LogP contribution in [-0.2, 0) is 24.8 Å². The second-order valence-corrected chi connectivity index (χ2v) is 7.91. The van der Waals surface area contributed by atoms with Crippen LogP contribution >= 0.6 is 0 Å². The molecule has 0 bridgehead atoms. The van der Waals surface area contributed by atoms with Gasteiger partial charge in [-0.1, -0.05) is 10.7 Å². The summed E-state index contributed by atoms with van der Waals surface area (Å²) < 4.78 is 82.1. The van der Waals surface area contributed by atoms with Gasteiger partial charge in [0.25, 0.3) is 15.9 Å². The van der Waals surface area contributed by atoms with Crippen molar-refractivity contribution in [2.45, 2.75) is 17.3 Å². The van der Waals surface area contributed by atoms with Crippen molar-refractivity contribution in [3.05, 3.63) is 36.4 Å². The summed E-state index contributed by atoms with van der Waals surface area (Å²) in [5.41, 5.74) is -5.44. The highest BCUT2D eigenvalue weighted by Crippen LogP contribution is 2.24. The minimum atomic E-state index is -6.06. The van der Waals surface area contributed by atoms with Crippen LogP contribution in [0.4, 0.5) is 18.9 Å². The molecule has 1 amide bonds. The van der Waals surface area contributed by atoms with Gasteiger partial charge in [0.15, 0.2) is 0 Å². The van der Waals surface area contributed by atoms with Gasteiger partial charge in [-0.25, -0.2) is 16.8 Å². The second-order valence-electron chi connectivity index (χ2n) is 4.29. The van der Waals surface area contributed by atoms with Crippen molar-refractivity contribution in [3.8, 4) is 0 Å². The molecule has 0 spiro atoms. The van der Waals surface area contributed by atoms with E-state index in [2.05, 4.69) is 11.9 Å². The van der Waals surface area contributed by atoms with E-state index in [1.54, 1.807) is 0 Å². The second kappa shape index (κ2) is 6.29. The molecular weight excluding hydrogens is 361 g/mol. The normalized spacial score (nSPS) is 12.7. The first kappa shape index (κ1) is 19.1. The summed E-state index contributed by atoms with van der Waals surface area (Å²) in [6, 6.07) is 3.83. The van der Waals surface area contributed by atoms with Gasteiger partial charge in [-0.05, 0) is 31.2 Å². The summed E-state index contributed by atoms with van der Waals surface area (Å²) in [5, 5.41) is 2.34. The topological polar surface area (TPSA) is 109 Å². The standard InChI is InChI=1S/C11H11F3N2O5S2/c1-7(2)10(17)15-8-3-5-9(6-4-8)22(18,19)16-23(20,21)11(12,13)14/h3-6,16H,1H2,2H3,(H,15,17). The average Bonchev–Trinajstić information content (AvgIpc) is 2.36. The highest BCUT2D eigenvalue weighted by atomic mass is 32.3. The van der Waals surface area contributed by atoms with Crippen molar-refractivity contribution < 1.29 is 34.8 Å². The number of carbonyl (C=O) groups is 1. The third-order valence-electron chi connectivity index (χ3n) is 2.33. The predicted octanol–water partition coefficient (Wildman–Crippen LogP) is 1.33. The van der Waals surface area contributed by atoms with Gasteiger partial charge in [0, 0.05) is 11.3 Å². The lowest BCUT2D eigenvalue weighted by Crippen LogP contribution is -2.40. The maximum Gasteiger partial charge on any atom is 0.512 e. The van der Waals surface area contributed by atoms with E-state index in [1.807, 2.05) is 0 Å². The molecule has 0 atom stereocenters. The highest BCUT2D eigenvalue weighted by molar-refractivity contribution is 8.05. The Balaban J connectivity index is 3.04. The van der Waals surface area contributed by atoms with E-state index in [0.29, 0.717) is 4.13 Å². The van der Waals surface area contributed by atoms with E-state index in [9.17, 15) is 34.8 Å². The van der Waals surface area contributed by atoms with Crippen LogP contribution in [0.5, 0.6) is 0 Å². The first-order valence-electron chi connectivity index (χ1n) is 5.68. The van der Waals surface area contributed by atoms with E-state index in [1.165, 1.54) is 6.92 Å². The minimum Gasteiger partial charge on any atom is -0.322 e. The molecule has 0 radical (unpaired) electrons. The lowest BCUT2D eigenvalue weighted by molar-refractivity contribution is -0.112. The molecule has 128 valence electrons. The van der Waals surface area contributed by atoms with E-state index in [-0.39, 0.29) is 11.3 Å². The first-order valence-corrected chi connectivity index (χ1v) is 8.65. The van der Waals surface area contributed by atoms with Crippen molar-refractivity contribution in [2.75, 3.05) is 5.32 Å². The van der Waals surface area contributed by atoms with E-state index < -0.39 is 36.4 Å². The Kier molecular flexibility index (Phi) is 5.23. The molecule has 0 heterocycles. The Morgan fingerprint density at radius 3 is 1.96 bits per heavy atom. The zero-order valence-electron chi connectivity index (χ0n) is 11.5. The molecule has 12 heteroatoms. The number of halogens is 3. The Morgan fingerprint density at radius 2 is 1.57 bits per heavy atom. The third kappa shape index (κ3) is 4.77. The van der Waals surface area contributed by atoms with Crippen LogP contribution in [0.15, 0.2) is 41.3 Å². The Morgan fingerprint density at radius 1 is 1.09 bits per heavy atom. The number of amides is 1. The summed E-state index contributed by atoms with van der Waals surface area (Å²) in [6.45, 7) is 4.81. The average molecular weight is 372 g/mol. The molecule has 0 saturated heterocycles. The number of sulfonamides is 2. The smallest absolute Gasteiger partial charge is 0.322 e. The van der Waals surface area contributed by atoms with Gasteiger partial charge in [0.2, 0.25) is 0 Å². The fourth-order valence-electron chi connectivity index (χ4n) is 1.19. The zero-order chi connectivity index (χ0) is 18.1. The van der Waals surface area contributed by atoms with Crippen molar-refractivity contribution >= 4 is 31.6 Å². The lowest BCUT2D eigenvalue weighted by Gasteiger charge is -2.11. The fourth-order valence-corrected chi connectivity index (χ4v) is 3.61. The number of nitrogens with one attached hydrogen (secondary N) is 2. The molecule has 0 saturated carbocycles. The molecule has 0 aliphatic carbocycles. The molecule has 1 rings (SSSR count). The van der Waals surface area contributed by atoms with E-state index >= 15 is 0 Å².